The minimum Gasteiger partial charge on any atom is -0.467 e. The monoisotopic (exact) mass is 303 g/mol. The van der Waals surface area contributed by atoms with Gasteiger partial charge in [0.05, 0.1) is 12.8 Å². The molecule has 2 aromatic carbocycles. The van der Waals surface area contributed by atoms with Crippen LogP contribution in [0.3, 0.4) is 0 Å². The summed E-state index contributed by atoms with van der Waals surface area (Å²) in [6.45, 7) is 1.30. The van der Waals surface area contributed by atoms with Crippen LogP contribution in [0, 0.1) is 0 Å². The lowest BCUT2D eigenvalue weighted by molar-refractivity contribution is 0.0720. The van der Waals surface area contributed by atoms with Gasteiger partial charge in [-0.3, -0.25) is 4.79 Å². The second-order valence-corrected chi connectivity index (χ2v) is 5.79. The summed E-state index contributed by atoms with van der Waals surface area (Å²) in [5.41, 5.74) is 4.21. The Labute approximate surface area is 135 Å². The number of carbonyl (C=O) groups excluding carboxylic acids is 1. The third-order valence-corrected chi connectivity index (χ3v) is 4.35. The Balaban J connectivity index is 1.53. The van der Waals surface area contributed by atoms with E-state index in [2.05, 4.69) is 12.1 Å². The molecule has 0 aliphatic carbocycles. The van der Waals surface area contributed by atoms with Crippen LogP contribution >= 0.6 is 0 Å². The van der Waals surface area contributed by atoms with E-state index in [1.54, 1.807) is 6.26 Å². The summed E-state index contributed by atoms with van der Waals surface area (Å²) in [4.78, 5) is 14.5. The summed E-state index contributed by atoms with van der Waals surface area (Å²) < 4.78 is 5.46. The molecule has 1 aromatic heterocycles. The lowest BCUT2D eigenvalue weighted by atomic mass is 10.0. The van der Waals surface area contributed by atoms with Crippen molar-refractivity contribution in [2.75, 3.05) is 6.54 Å². The van der Waals surface area contributed by atoms with Crippen LogP contribution in [0.25, 0.3) is 11.1 Å². The highest BCUT2D eigenvalue weighted by atomic mass is 16.3. The molecule has 23 heavy (non-hydrogen) atoms. The Hall–Kier alpha value is -2.81. The Bertz CT molecular complexity index is 818. The molecule has 114 valence electrons. The molecule has 4 rings (SSSR count). The molecule has 3 aromatic rings. The molecule has 1 aliphatic heterocycles. The zero-order chi connectivity index (χ0) is 15.6. The summed E-state index contributed by atoms with van der Waals surface area (Å²) in [5, 5.41) is 0. The molecule has 0 atom stereocenters. The van der Waals surface area contributed by atoms with Crippen LogP contribution in [0.5, 0.6) is 0 Å². The number of furan rings is 1. The van der Waals surface area contributed by atoms with Crippen molar-refractivity contribution in [3.8, 4) is 11.1 Å². The number of rotatable bonds is 2. The fraction of sp³-hybridized carbons (Fsp3) is 0.150. The van der Waals surface area contributed by atoms with Crippen molar-refractivity contribution >= 4 is 5.91 Å². The lowest BCUT2D eigenvalue weighted by Crippen LogP contribution is -2.35. The Morgan fingerprint density at radius 2 is 1.65 bits per heavy atom. The first kappa shape index (κ1) is 13.8. The van der Waals surface area contributed by atoms with Crippen molar-refractivity contribution in [3.05, 3.63) is 83.8 Å². The van der Waals surface area contributed by atoms with Crippen molar-refractivity contribution in [1.29, 1.82) is 0 Å². The maximum atomic E-state index is 12.7. The normalized spacial score (nSPS) is 13.7. The highest BCUT2D eigenvalue weighted by molar-refractivity contribution is 5.94. The van der Waals surface area contributed by atoms with Crippen LogP contribution in [0.1, 0.15) is 21.7 Å². The highest BCUT2D eigenvalue weighted by Crippen LogP contribution is 2.23. The fourth-order valence-electron chi connectivity index (χ4n) is 3.03. The molecule has 0 radical (unpaired) electrons. The van der Waals surface area contributed by atoms with E-state index in [0.29, 0.717) is 6.54 Å². The molecular formula is C20H17NO2. The molecule has 1 amide bonds. The summed E-state index contributed by atoms with van der Waals surface area (Å²) in [6.07, 6.45) is 2.56. The number of hydrogen-bond donors (Lipinski definition) is 0. The SMILES string of the molecule is O=C(c1ccc(-c2ccccc2)cc1)N1CCc2ccoc2C1. The third kappa shape index (κ3) is 2.66. The van der Waals surface area contributed by atoms with E-state index < -0.39 is 0 Å². The third-order valence-electron chi connectivity index (χ3n) is 4.35. The molecule has 0 spiro atoms. The molecule has 0 fully saturated rings. The number of nitrogens with zero attached hydrogens (tertiary/aromatic N) is 1. The average Bonchev–Trinajstić information content (AvgIpc) is 3.10. The van der Waals surface area contributed by atoms with Crippen LogP contribution in [-0.4, -0.2) is 17.4 Å². The van der Waals surface area contributed by atoms with Gasteiger partial charge in [-0.05, 0) is 41.3 Å². The molecule has 0 N–H and O–H groups in total. The second-order valence-electron chi connectivity index (χ2n) is 5.79. The largest absolute Gasteiger partial charge is 0.467 e. The number of benzene rings is 2. The van der Waals surface area contributed by atoms with E-state index in [1.165, 1.54) is 5.56 Å². The summed E-state index contributed by atoms with van der Waals surface area (Å²) in [6, 6.07) is 20.0. The Kier molecular flexibility index (Phi) is 3.46. The zero-order valence-corrected chi connectivity index (χ0v) is 12.7. The number of hydrogen-bond acceptors (Lipinski definition) is 2. The lowest BCUT2D eigenvalue weighted by Gasteiger charge is -2.26. The van der Waals surface area contributed by atoms with Crippen LogP contribution in [-0.2, 0) is 13.0 Å². The van der Waals surface area contributed by atoms with Gasteiger partial charge in [-0.1, -0.05) is 42.5 Å². The van der Waals surface area contributed by atoms with Crippen LogP contribution < -0.4 is 0 Å². The standard InChI is InChI=1S/C20H17NO2/c22-20(21-12-10-17-11-13-23-19(17)14-21)18-8-6-16(7-9-18)15-4-2-1-3-5-15/h1-9,11,13H,10,12,14H2. The van der Waals surface area contributed by atoms with Gasteiger partial charge in [-0.15, -0.1) is 0 Å². The van der Waals surface area contributed by atoms with Crippen molar-refractivity contribution in [3.63, 3.8) is 0 Å². The number of fused-ring (bicyclic) bond motifs is 1. The van der Waals surface area contributed by atoms with Crippen molar-refractivity contribution in [2.24, 2.45) is 0 Å². The van der Waals surface area contributed by atoms with E-state index in [1.807, 2.05) is 53.4 Å². The average molecular weight is 303 g/mol. The Morgan fingerprint density at radius 3 is 2.43 bits per heavy atom. The molecule has 0 bridgehead atoms. The van der Waals surface area contributed by atoms with Gasteiger partial charge < -0.3 is 9.32 Å². The fourth-order valence-corrected chi connectivity index (χ4v) is 3.03. The van der Waals surface area contributed by atoms with E-state index in [9.17, 15) is 4.79 Å². The van der Waals surface area contributed by atoms with Gasteiger partial charge in [0.25, 0.3) is 5.91 Å². The quantitative estimate of drug-likeness (QED) is 0.712. The molecule has 2 heterocycles. The highest BCUT2D eigenvalue weighted by Gasteiger charge is 2.23. The topological polar surface area (TPSA) is 33.5 Å². The van der Waals surface area contributed by atoms with Gasteiger partial charge in [0.15, 0.2) is 0 Å². The molecular weight excluding hydrogens is 286 g/mol. The molecule has 0 saturated carbocycles. The van der Waals surface area contributed by atoms with Gasteiger partial charge in [-0.2, -0.15) is 0 Å². The molecule has 3 nitrogen and oxygen atoms in total. The predicted octanol–water partition coefficient (Wildman–Crippen LogP) is 4.15. The first-order chi connectivity index (χ1) is 11.3. The summed E-state index contributed by atoms with van der Waals surface area (Å²) in [7, 11) is 0. The van der Waals surface area contributed by atoms with Crippen molar-refractivity contribution in [1.82, 2.24) is 4.90 Å². The van der Waals surface area contributed by atoms with Gasteiger partial charge in [-0.25, -0.2) is 0 Å². The molecule has 0 saturated heterocycles. The van der Waals surface area contributed by atoms with Crippen LogP contribution in [0.2, 0.25) is 0 Å². The van der Waals surface area contributed by atoms with E-state index in [0.717, 1.165) is 35.4 Å². The van der Waals surface area contributed by atoms with Crippen LogP contribution in [0.15, 0.2) is 71.3 Å². The van der Waals surface area contributed by atoms with Crippen molar-refractivity contribution < 1.29 is 9.21 Å². The van der Waals surface area contributed by atoms with Gasteiger partial charge in [0.2, 0.25) is 0 Å². The Morgan fingerprint density at radius 1 is 0.913 bits per heavy atom. The minimum absolute atomic E-state index is 0.0617. The maximum Gasteiger partial charge on any atom is 0.254 e. The number of amides is 1. The zero-order valence-electron chi connectivity index (χ0n) is 12.7. The first-order valence-electron chi connectivity index (χ1n) is 7.81. The molecule has 0 unspecified atom stereocenters. The van der Waals surface area contributed by atoms with Gasteiger partial charge >= 0.3 is 0 Å². The predicted molar refractivity (Wildman–Crippen MR) is 89.0 cm³/mol. The van der Waals surface area contributed by atoms with Crippen LogP contribution in [0.4, 0.5) is 0 Å². The summed E-state index contributed by atoms with van der Waals surface area (Å²) >= 11 is 0. The summed E-state index contributed by atoms with van der Waals surface area (Å²) in [5.74, 6) is 0.970. The van der Waals surface area contributed by atoms with Gasteiger partial charge in [0, 0.05) is 12.1 Å². The first-order valence-corrected chi connectivity index (χ1v) is 7.81. The van der Waals surface area contributed by atoms with Crippen molar-refractivity contribution in [2.45, 2.75) is 13.0 Å². The van der Waals surface area contributed by atoms with E-state index in [-0.39, 0.29) is 5.91 Å². The number of carbonyl (C=O) groups is 1. The molecule has 1 aliphatic rings. The van der Waals surface area contributed by atoms with E-state index in [4.69, 9.17) is 4.42 Å². The van der Waals surface area contributed by atoms with E-state index >= 15 is 0 Å². The molecule has 3 heteroatoms. The second kappa shape index (κ2) is 5.76. The van der Waals surface area contributed by atoms with Gasteiger partial charge in [0.1, 0.15) is 5.76 Å². The maximum absolute atomic E-state index is 12.7. The minimum atomic E-state index is 0.0617. The smallest absolute Gasteiger partial charge is 0.254 e.